The summed E-state index contributed by atoms with van der Waals surface area (Å²) >= 11 is 1.52. The van der Waals surface area contributed by atoms with Crippen LogP contribution in [0.5, 0.6) is 0 Å². The molecule has 2 aromatic carbocycles. The number of aryl methyl sites for hydroxylation is 1. The lowest BCUT2D eigenvalue weighted by Crippen LogP contribution is -2.29. The molecular weight excluding hydrogens is 396 g/mol. The molecule has 7 heteroatoms. The standard InChI is InChI=1S/C23H22N4O2S/c1-15(28)24-19(21-8-5-13-30-21)14-22(29)25-17-11-9-16(10-12-17)23-26-18-6-3-4-7-20(18)27(23)2/h3-13,19H,14H2,1-2H3,(H,24,28)(H,25,29). The van der Waals surface area contributed by atoms with Gasteiger partial charge in [-0.05, 0) is 47.8 Å². The summed E-state index contributed by atoms with van der Waals surface area (Å²) in [5, 5.41) is 7.70. The van der Waals surface area contributed by atoms with Crippen molar-refractivity contribution in [2.75, 3.05) is 5.32 Å². The molecule has 0 saturated carbocycles. The summed E-state index contributed by atoms with van der Waals surface area (Å²) in [5.41, 5.74) is 3.70. The molecule has 30 heavy (non-hydrogen) atoms. The van der Waals surface area contributed by atoms with E-state index >= 15 is 0 Å². The maximum atomic E-state index is 12.6. The SMILES string of the molecule is CC(=O)NC(CC(=O)Nc1ccc(-c2nc3ccccc3n2C)cc1)c1cccs1. The first-order chi connectivity index (χ1) is 14.5. The highest BCUT2D eigenvalue weighted by atomic mass is 32.1. The van der Waals surface area contributed by atoms with Crippen molar-refractivity contribution >= 4 is 39.9 Å². The van der Waals surface area contributed by atoms with Gasteiger partial charge in [-0.15, -0.1) is 11.3 Å². The van der Waals surface area contributed by atoms with E-state index in [0.717, 1.165) is 27.3 Å². The van der Waals surface area contributed by atoms with Crippen molar-refractivity contribution < 1.29 is 9.59 Å². The van der Waals surface area contributed by atoms with E-state index in [4.69, 9.17) is 4.98 Å². The van der Waals surface area contributed by atoms with Crippen molar-refractivity contribution in [3.8, 4) is 11.4 Å². The quantitative estimate of drug-likeness (QED) is 0.484. The van der Waals surface area contributed by atoms with E-state index in [9.17, 15) is 9.59 Å². The van der Waals surface area contributed by atoms with Gasteiger partial charge in [-0.25, -0.2) is 4.98 Å². The van der Waals surface area contributed by atoms with Crippen LogP contribution in [0.1, 0.15) is 24.3 Å². The first-order valence-electron chi connectivity index (χ1n) is 9.63. The number of carbonyl (C=O) groups excluding carboxylic acids is 2. The van der Waals surface area contributed by atoms with Gasteiger partial charge in [-0.1, -0.05) is 18.2 Å². The minimum Gasteiger partial charge on any atom is -0.348 e. The van der Waals surface area contributed by atoms with Gasteiger partial charge in [0, 0.05) is 30.1 Å². The zero-order chi connectivity index (χ0) is 21.1. The number of fused-ring (bicyclic) bond motifs is 1. The number of nitrogens with one attached hydrogen (secondary N) is 2. The van der Waals surface area contributed by atoms with Gasteiger partial charge in [-0.2, -0.15) is 0 Å². The number of benzene rings is 2. The van der Waals surface area contributed by atoms with Crippen molar-refractivity contribution in [3.63, 3.8) is 0 Å². The van der Waals surface area contributed by atoms with Crippen LogP contribution in [0.2, 0.25) is 0 Å². The predicted octanol–water partition coefficient (Wildman–Crippen LogP) is 4.51. The first kappa shape index (κ1) is 19.8. The van der Waals surface area contributed by atoms with Crippen molar-refractivity contribution in [1.29, 1.82) is 0 Å². The van der Waals surface area contributed by atoms with Crippen LogP contribution in [0.15, 0.2) is 66.0 Å². The Balaban J connectivity index is 1.47. The summed E-state index contributed by atoms with van der Waals surface area (Å²) in [5.74, 6) is 0.558. The van der Waals surface area contributed by atoms with Crippen molar-refractivity contribution in [2.45, 2.75) is 19.4 Å². The second kappa shape index (κ2) is 8.51. The van der Waals surface area contributed by atoms with Gasteiger partial charge >= 0.3 is 0 Å². The van der Waals surface area contributed by atoms with Gasteiger partial charge in [0.1, 0.15) is 5.82 Å². The maximum absolute atomic E-state index is 12.6. The Labute approximate surface area is 178 Å². The fraction of sp³-hybridized carbons (Fsp3) is 0.174. The highest BCUT2D eigenvalue weighted by Crippen LogP contribution is 2.26. The third-order valence-corrected chi connectivity index (χ3v) is 5.85. The smallest absolute Gasteiger partial charge is 0.226 e. The molecule has 0 fully saturated rings. The van der Waals surface area contributed by atoms with Crippen LogP contribution in [0.4, 0.5) is 5.69 Å². The summed E-state index contributed by atoms with van der Waals surface area (Å²) in [6, 6.07) is 19.1. The first-order valence-corrected chi connectivity index (χ1v) is 10.5. The van der Waals surface area contributed by atoms with Gasteiger partial charge in [0.25, 0.3) is 0 Å². The molecule has 6 nitrogen and oxygen atoms in total. The summed E-state index contributed by atoms with van der Waals surface area (Å²) < 4.78 is 2.06. The third kappa shape index (κ3) is 4.26. The Morgan fingerprint density at radius 3 is 2.50 bits per heavy atom. The number of nitrogens with zero attached hydrogens (tertiary/aromatic N) is 2. The molecule has 0 spiro atoms. The minimum atomic E-state index is -0.332. The van der Waals surface area contributed by atoms with Crippen molar-refractivity contribution in [1.82, 2.24) is 14.9 Å². The molecule has 2 amide bonds. The molecule has 0 bridgehead atoms. The van der Waals surface area contributed by atoms with Crippen molar-refractivity contribution in [2.24, 2.45) is 7.05 Å². The van der Waals surface area contributed by atoms with Crippen LogP contribution in [0, 0.1) is 0 Å². The van der Waals surface area contributed by atoms with E-state index in [0.29, 0.717) is 5.69 Å². The lowest BCUT2D eigenvalue weighted by atomic mass is 10.1. The highest BCUT2D eigenvalue weighted by Gasteiger charge is 2.18. The Morgan fingerprint density at radius 2 is 1.83 bits per heavy atom. The molecule has 0 saturated heterocycles. The zero-order valence-electron chi connectivity index (χ0n) is 16.8. The molecule has 2 aromatic heterocycles. The number of anilines is 1. The fourth-order valence-corrected chi connectivity index (χ4v) is 4.24. The summed E-state index contributed by atoms with van der Waals surface area (Å²) in [6.45, 7) is 1.46. The number of hydrogen-bond donors (Lipinski definition) is 2. The molecule has 4 rings (SSSR count). The fourth-order valence-electron chi connectivity index (χ4n) is 3.46. The summed E-state index contributed by atoms with van der Waals surface area (Å²) in [6.07, 6.45) is 0.173. The van der Waals surface area contributed by atoms with Gasteiger partial charge in [0.15, 0.2) is 0 Å². The molecule has 0 aliphatic heterocycles. The number of carbonyl (C=O) groups is 2. The van der Waals surface area contributed by atoms with E-state index in [1.807, 2.05) is 73.1 Å². The number of aromatic nitrogens is 2. The molecule has 2 N–H and O–H groups in total. The van der Waals surface area contributed by atoms with Crippen LogP contribution in [-0.2, 0) is 16.6 Å². The summed E-state index contributed by atoms with van der Waals surface area (Å²) in [7, 11) is 1.99. The maximum Gasteiger partial charge on any atom is 0.226 e. The largest absolute Gasteiger partial charge is 0.348 e. The van der Waals surface area contributed by atoms with Crippen LogP contribution in [0.25, 0.3) is 22.4 Å². The second-order valence-corrected chi connectivity index (χ2v) is 8.06. The number of thiophene rings is 1. The molecular formula is C23H22N4O2S. The topological polar surface area (TPSA) is 76.0 Å². The average molecular weight is 419 g/mol. The predicted molar refractivity (Wildman–Crippen MR) is 120 cm³/mol. The molecule has 2 heterocycles. The molecule has 0 aliphatic rings. The minimum absolute atomic E-state index is 0.155. The Kier molecular flexibility index (Phi) is 5.63. The van der Waals surface area contributed by atoms with Gasteiger partial charge in [-0.3, -0.25) is 9.59 Å². The molecule has 1 unspecified atom stereocenters. The van der Waals surface area contributed by atoms with Crippen LogP contribution in [-0.4, -0.2) is 21.4 Å². The van der Waals surface area contributed by atoms with E-state index in [-0.39, 0.29) is 24.3 Å². The van der Waals surface area contributed by atoms with Crippen molar-refractivity contribution in [3.05, 3.63) is 70.9 Å². The van der Waals surface area contributed by atoms with Gasteiger partial charge in [0.05, 0.1) is 23.5 Å². The molecule has 0 aliphatic carbocycles. The molecule has 0 radical (unpaired) electrons. The summed E-state index contributed by atoms with van der Waals surface area (Å²) in [4.78, 5) is 29.7. The van der Waals surface area contributed by atoms with E-state index in [2.05, 4.69) is 15.2 Å². The molecule has 4 aromatic rings. The van der Waals surface area contributed by atoms with E-state index < -0.39 is 0 Å². The number of amides is 2. The zero-order valence-corrected chi connectivity index (χ0v) is 17.6. The monoisotopic (exact) mass is 418 g/mol. The molecule has 1 atom stereocenters. The van der Waals surface area contributed by atoms with Gasteiger partial charge in [0.2, 0.25) is 11.8 Å². The lowest BCUT2D eigenvalue weighted by molar-refractivity contribution is -0.120. The van der Waals surface area contributed by atoms with E-state index in [1.165, 1.54) is 18.3 Å². The number of imidazole rings is 1. The van der Waals surface area contributed by atoms with Crippen LogP contribution in [0.3, 0.4) is 0 Å². The van der Waals surface area contributed by atoms with E-state index in [1.54, 1.807) is 0 Å². The Hall–Kier alpha value is -3.45. The molecule has 152 valence electrons. The highest BCUT2D eigenvalue weighted by molar-refractivity contribution is 7.10. The number of hydrogen-bond acceptors (Lipinski definition) is 4. The van der Waals surface area contributed by atoms with Crippen LogP contribution < -0.4 is 10.6 Å². The Bertz CT molecular complexity index is 1180. The number of para-hydroxylation sites is 2. The lowest BCUT2D eigenvalue weighted by Gasteiger charge is -2.16. The Morgan fingerprint density at radius 1 is 1.07 bits per heavy atom. The normalized spacial score (nSPS) is 11.9. The second-order valence-electron chi connectivity index (χ2n) is 7.08. The third-order valence-electron chi connectivity index (χ3n) is 4.87. The van der Waals surface area contributed by atoms with Gasteiger partial charge < -0.3 is 15.2 Å². The van der Waals surface area contributed by atoms with Crippen LogP contribution >= 0.6 is 11.3 Å². The number of rotatable bonds is 6. The average Bonchev–Trinajstić information content (AvgIpc) is 3.37.